The highest BCUT2D eigenvalue weighted by molar-refractivity contribution is 5.78. The Bertz CT molecular complexity index is 372. The van der Waals surface area contributed by atoms with Gasteiger partial charge in [-0.3, -0.25) is 9.59 Å². The SMILES string of the molecule is CCCCC[C@@H](O)CC[C@@H]1CCC(=O)N1CCCCCCC(=O)O. The number of aliphatic carboxylic acids is 1. The van der Waals surface area contributed by atoms with E-state index < -0.39 is 5.97 Å². The summed E-state index contributed by atoms with van der Waals surface area (Å²) in [5.41, 5.74) is 0. The number of carbonyl (C=O) groups is 2. The Morgan fingerprint density at radius 3 is 2.62 bits per heavy atom. The molecule has 5 nitrogen and oxygen atoms in total. The summed E-state index contributed by atoms with van der Waals surface area (Å²) >= 11 is 0. The van der Waals surface area contributed by atoms with Gasteiger partial charge in [0.1, 0.15) is 0 Å². The highest BCUT2D eigenvalue weighted by atomic mass is 16.4. The van der Waals surface area contributed by atoms with Crippen LogP contribution in [0.25, 0.3) is 0 Å². The molecule has 1 rings (SSSR count). The van der Waals surface area contributed by atoms with E-state index in [1.807, 2.05) is 4.90 Å². The molecule has 1 heterocycles. The summed E-state index contributed by atoms with van der Waals surface area (Å²) in [4.78, 5) is 24.5. The first-order valence-electron chi connectivity index (χ1n) is 9.74. The maximum atomic E-state index is 12.0. The molecule has 24 heavy (non-hydrogen) atoms. The van der Waals surface area contributed by atoms with Crippen LogP contribution in [0.4, 0.5) is 0 Å². The van der Waals surface area contributed by atoms with Crippen LogP contribution < -0.4 is 0 Å². The first-order valence-corrected chi connectivity index (χ1v) is 9.74. The van der Waals surface area contributed by atoms with Crippen LogP contribution >= 0.6 is 0 Å². The van der Waals surface area contributed by atoms with E-state index in [1.165, 1.54) is 12.8 Å². The van der Waals surface area contributed by atoms with Crippen molar-refractivity contribution in [3.8, 4) is 0 Å². The Hall–Kier alpha value is -1.10. The Morgan fingerprint density at radius 2 is 1.92 bits per heavy atom. The smallest absolute Gasteiger partial charge is 0.303 e. The highest BCUT2D eigenvalue weighted by Gasteiger charge is 2.30. The molecule has 0 saturated carbocycles. The molecule has 0 aromatic heterocycles. The number of carboxylic acids is 1. The quantitative estimate of drug-likeness (QED) is 0.472. The molecule has 0 radical (unpaired) electrons. The molecule has 1 amide bonds. The van der Waals surface area contributed by atoms with Gasteiger partial charge in [-0.2, -0.15) is 0 Å². The van der Waals surface area contributed by atoms with Gasteiger partial charge in [-0.05, 0) is 38.5 Å². The van der Waals surface area contributed by atoms with Crippen molar-refractivity contribution in [1.82, 2.24) is 4.90 Å². The zero-order chi connectivity index (χ0) is 17.8. The minimum atomic E-state index is -0.734. The lowest BCUT2D eigenvalue weighted by molar-refractivity contribution is -0.137. The molecule has 5 heteroatoms. The molecule has 2 N–H and O–H groups in total. The number of hydrogen-bond acceptors (Lipinski definition) is 3. The average molecular weight is 341 g/mol. The van der Waals surface area contributed by atoms with Gasteiger partial charge in [-0.1, -0.05) is 39.0 Å². The standard InChI is InChI=1S/C19H35NO4/c1-2-3-6-9-17(21)13-11-16-12-14-18(22)20(16)15-8-5-4-7-10-19(23)24/h16-17,21H,2-15H2,1H3,(H,23,24)/t16-,17-/m1/s1. The van der Waals surface area contributed by atoms with Crippen LogP contribution in [0.2, 0.25) is 0 Å². The van der Waals surface area contributed by atoms with E-state index in [9.17, 15) is 14.7 Å². The van der Waals surface area contributed by atoms with E-state index in [4.69, 9.17) is 5.11 Å². The molecule has 1 aliphatic heterocycles. The predicted molar refractivity (Wildman–Crippen MR) is 94.8 cm³/mol. The average Bonchev–Trinajstić information content (AvgIpc) is 2.89. The number of aliphatic hydroxyl groups excluding tert-OH is 1. The molecule has 0 aliphatic carbocycles. The van der Waals surface area contributed by atoms with E-state index in [0.29, 0.717) is 6.42 Å². The van der Waals surface area contributed by atoms with Gasteiger partial charge in [0, 0.05) is 25.4 Å². The van der Waals surface area contributed by atoms with Gasteiger partial charge in [0.15, 0.2) is 0 Å². The summed E-state index contributed by atoms with van der Waals surface area (Å²) in [7, 11) is 0. The fourth-order valence-corrected chi connectivity index (χ4v) is 3.47. The van der Waals surface area contributed by atoms with Crippen LogP contribution in [-0.2, 0) is 9.59 Å². The summed E-state index contributed by atoms with van der Waals surface area (Å²) in [6, 6.07) is 0.289. The Morgan fingerprint density at radius 1 is 1.17 bits per heavy atom. The highest BCUT2D eigenvalue weighted by Crippen LogP contribution is 2.24. The second-order valence-corrected chi connectivity index (χ2v) is 7.06. The molecule has 0 spiro atoms. The number of rotatable bonds is 14. The van der Waals surface area contributed by atoms with Gasteiger partial charge in [0.05, 0.1) is 6.10 Å². The lowest BCUT2D eigenvalue weighted by Gasteiger charge is -2.25. The fraction of sp³-hybridized carbons (Fsp3) is 0.895. The molecule has 1 fully saturated rings. The number of unbranched alkanes of at least 4 members (excludes halogenated alkanes) is 5. The molecule has 0 aromatic carbocycles. The number of hydrogen-bond donors (Lipinski definition) is 2. The van der Waals surface area contributed by atoms with Crippen molar-refractivity contribution in [3.63, 3.8) is 0 Å². The zero-order valence-corrected chi connectivity index (χ0v) is 15.2. The number of carbonyl (C=O) groups excluding carboxylic acids is 1. The molecular weight excluding hydrogens is 306 g/mol. The summed E-state index contributed by atoms with van der Waals surface area (Å²) < 4.78 is 0. The predicted octanol–water partition coefficient (Wildman–Crippen LogP) is 3.73. The van der Waals surface area contributed by atoms with Gasteiger partial charge in [-0.15, -0.1) is 0 Å². The minimum absolute atomic E-state index is 0.231. The number of likely N-dealkylation sites (tertiary alicyclic amines) is 1. The lowest BCUT2D eigenvalue weighted by atomic mass is 10.0. The van der Waals surface area contributed by atoms with Gasteiger partial charge in [0.25, 0.3) is 0 Å². The number of carboxylic acid groups (broad SMARTS) is 1. The van der Waals surface area contributed by atoms with Crippen molar-refractivity contribution >= 4 is 11.9 Å². The first kappa shape index (κ1) is 20.9. The Kier molecular flexibility index (Phi) is 10.7. The van der Waals surface area contributed by atoms with Crippen LogP contribution in [-0.4, -0.2) is 45.7 Å². The van der Waals surface area contributed by atoms with Crippen LogP contribution in [0.3, 0.4) is 0 Å². The van der Waals surface area contributed by atoms with Crippen LogP contribution in [0.1, 0.15) is 90.4 Å². The third-order valence-corrected chi connectivity index (χ3v) is 4.97. The summed E-state index contributed by atoms with van der Waals surface area (Å²) in [6.45, 7) is 2.94. The van der Waals surface area contributed by atoms with Crippen molar-refractivity contribution < 1.29 is 19.8 Å². The molecule has 140 valence electrons. The lowest BCUT2D eigenvalue weighted by Crippen LogP contribution is -2.34. The summed E-state index contributed by atoms with van der Waals surface area (Å²) in [6.07, 6.45) is 11.1. The monoisotopic (exact) mass is 341 g/mol. The molecule has 0 unspecified atom stereocenters. The number of nitrogens with zero attached hydrogens (tertiary/aromatic N) is 1. The molecule has 1 aliphatic rings. The van der Waals surface area contributed by atoms with Gasteiger partial charge < -0.3 is 15.1 Å². The first-order chi connectivity index (χ1) is 11.5. The second-order valence-electron chi connectivity index (χ2n) is 7.06. The van der Waals surface area contributed by atoms with E-state index in [1.54, 1.807) is 0 Å². The molecule has 0 bridgehead atoms. The van der Waals surface area contributed by atoms with Crippen molar-refractivity contribution in [2.45, 2.75) is 103 Å². The molecular formula is C19H35NO4. The Labute approximate surface area is 146 Å². The summed E-state index contributed by atoms with van der Waals surface area (Å²) in [5, 5.41) is 18.7. The molecule has 2 atom stereocenters. The van der Waals surface area contributed by atoms with Crippen LogP contribution in [0, 0.1) is 0 Å². The Balaban J connectivity index is 2.19. The van der Waals surface area contributed by atoms with Crippen molar-refractivity contribution in [3.05, 3.63) is 0 Å². The largest absolute Gasteiger partial charge is 0.481 e. The third-order valence-electron chi connectivity index (χ3n) is 4.97. The van der Waals surface area contributed by atoms with Crippen molar-refractivity contribution in [1.29, 1.82) is 0 Å². The van der Waals surface area contributed by atoms with Gasteiger partial charge in [0.2, 0.25) is 5.91 Å². The van der Waals surface area contributed by atoms with Crippen molar-refractivity contribution in [2.24, 2.45) is 0 Å². The molecule has 1 saturated heterocycles. The second kappa shape index (κ2) is 12.3. The third kappa shape index (κ3) is 8.67. The van der Waals surface area contributed by atoms with E-state index in [0.717, 1.165) is 64.3 Å². The van der Waals surface area contributed by atoms with E-state index in [-0.39, 0.29) is 24.5 Å². The number of amides is 1. The maximum absolute atomic E-state index is 12.0. The van der Waals surface area contributed by atoms with Gasteiger partial charge >= 0.3 is 5.97 Å². The van der Waals surface area contributed by atoms with Gasteiger partial charge in [-0.25, -0.2) is 0 Å². The zero-order valence-electron chi connectivity index (χ0n) is 15.2. The number of aliphatic hydroxyl groups is 1. The van der Waals surface area contributed by atoms with E-state index in [2.05, 4.69) is 6.92 Å². The van der Waals surface area contributed by atoms with Crippen LogP contribution in [0.5, 0.6) is 0 Å². The fourth-order valence-electron chi connectivity index (χ4n) is 3.47. The normalized spacial score (nSPS) is 19.0. The topological polar surface area (TPSA) is 77.8 Å². The molecule has 0 aromatic rings. The van der Waals surface area contributed by atoms with Crippen LogP contribution in [0.15, 0.2) is 0 Å². The van der Waals surface area contributed by atoms with E-state index >= 15 is 0 Å². The maximum Gasteiger partial charge on any atom is 0.303 e. The minimum Gasteiger partial charge on any atom is -0.481 e. The summed E-state index contributed by atoms with van der Waals surface area (Å²) in [5.74, 6) is -0.492. The van der Waals surface area contributed by atoms with Crippen molar-refractivity contribution in [2.75, 3.05) is 6.54 Å².